The highest BCUT2D eigenvalue weighted by atomic mass is 32.2. The number of ether oxygens (including phenoxy) is 1. The topological polar surface area (TPSA) is 26.3 Å². The maximum absolute atomic E-state index is 10.9. The molecule has 21 heavy (non-hydrogen) atoms. The molecule has 0 aliphatic heterocycles. The Bertz CT molecular complexity index is 252. The molecule has 0 saturated heterocycles. The zero-order valence-electron chi connectivity index (χ0n) is 14.1. The Labute approximate surface area is 136 Å². The maximum atomic E-state index is 10.9. The highest BCUT2D eigenvalue weighted by Gasteiger charge is 1.98. The Morgan fingerprint density at radius 1 is 0.952 bits per heavy atom. The molecule has 0 bridgehead atoms. The number of rotatable bonds is 15. The summed E-state index contributed by atoms with van der Waals surface area (Å²) in [6.07, 6.45) is 17.8. The summed E-state index contributed by atoms with van der Waals surface area (Å²) in [4.78, 5) is 10.9. The monoisotopic (exact) mass is 314 g/mol. The standard InChI is InChI=1S/C18H34O2S/c1-3-4-5-13-16-21-17-14-11-9-7-6-8-10-12-15-18(19)20-2/h11,14H,3-10,12-13,15-17H2,1-2H3/b14-11-. The van der Waals surface area contributed by atoms with E-state index in [1.807, 2.05) is 0 Å². The van der Waals surface area contributed by atoms with E-state index in [9.17, 15) is 4.79 Å². The van der Waals surface area contributed by atoms with Crippen molar-refractivity contribution in [2.75, 3.05) is 18.6 Å². The van der Waals surface area contributed by atoms with Crippen LogP contribution in [-0.2, 0) is 9.53 Å². The second-order valence-corrected chi connectivity index (χ2v) is 6.64. The smallest absolute Gasteiger partial charge is 0.305 e. The van der Waals surface area contributed by atoms with Crippen molar-refractivity contribution >= 4 is 17.7 Å². The van der Waals surface area contributed by atoms with Gasteiger partial charge < -0.3 is 4.74 Å². The van der Waals surface area contributed by atoms with Crippen LogP contribution >= 0.6 is 11.8 Å². The average molecular weight is 315 g/mol. The predicted molar refractivity (Wildman–Crippen MR) is 94.9 cm³/mol. The minimum absolute atomic E-state index is 0.0786. The van der Waals surface area contributed by atoms with Crippen LogP contribution in [0, 0.1) is 0 Å². The van der Waals surface area contributed by atoms with Crippen molar-refractivity contribution in [2.24, 2.45) is 0 Å². The summed E-state index contributed by atoms with van der Waals surface area (Å²) in [5.74, 6) is 2.40. The van der Waals surface area contributed by atoms with Crippen molar-refractivity contribution < 1.29 is 9.53 Å². The molecule has 0 aromatic heterocycles. The van der Waals surface area contributed by atoms with E-state index < -0.39 is 0 Å². The Morgan fingerprint density at radius 3 is 2.43 bits per heavy atom. The van der Waals surface area contributed by atoms with Crippen LogP contribution in [0.4, 0.5) is 0 Å². The lowest BCUT2D eigenvalue weighted by Crippen LogP contribution is -1.99. The maximum Gasteiger partial charge on any atom is 0.305 e. The lowest BCUT2D eigenvalue weighted by atomic mass is 10.1. The van der Waals surface area contributed by atoms with Gasteiger partial charge in [0.15, 0.2) is 0 Å². The Balaban J connectivity index is 3.10. The van der Waals surface area contributed by atoms with Crippen LogP contribution in [0.15, 0.2) is 12.2 Å². The Morgan fingerprint density at radius 2 is 1.67 bits per heavy atom. The summed E-state index contributed by atoms with van der Waals surface area (Å²) in [5, 5.41) is 0. The SMILES string of the molecule is CCCCCCSC/C=C\CCCCCCCC(=O)OC. The van der Waals surface area contributed by atoms with Gasteiger partial charge in [-0.2, -0.15) is 11.8 Å². The second kappa shape index (κ2) is 17.6. The van der Waals surface area contributed by atoms with E-state index in [-0.39, 0.29) is 5.97 Å². The summed E-state index contributed by atoms with van der Waals surface area (Å²) in [5.41, 5.74) is 0. The number of unbranched alkanes of at least 4 members (excludes halogenated alkanes) is 8. The van der Waals surface area contributed by atoms with E-state index in [4.69, 9.17) is 0 Å². The summed E-state index contributed by atoms with van der Waals surface area (Å²) < 4.78 is 4.62. The fourth-order valence-electron chi connectivity index (χ4n) is 2.13. The second-order valence-electron chi connectivity index (χ2n) is 5.49. The zero-order chi connectivity index (χ0) is 15.6. The van der Waals surface area contributed by atoms with E-state index in [1.165, 1.54) is 70.0 Å². The fraction of sp³-hybridized carbons (Fsp3) is 0.833. The van der Waals surface area contributed by atoms with Crippen LogP contribution in [0.5, 0.6) is 0 Å². The normalized spacial score (nSPS) is 11.1. The molecule has 0 saturated carbocycles. The van der Waals surface area contributed by atoms with Crippen LogP contribution in [0.25, 0.3) is 0 Å². The molecule has 0 heterocycles. The summed E-state index contributed by atoms with van der Waals surface area (Å²) in [7, 11) is 1.46. The molecule has 0 radical (unpaired) electrons. The molecular formula is C18H34O2S. The Hall–Kier alpha value is -0.440. The lowest BCUT2D eigenvalue weighted by molar-refractivity contribution is -0.140. The molecule has 0 aliphatic carbocycles. The lowest BCUT2D eigenvalue weighted by Gasteiger charge is -2.00. The van der Waals surface area contributed by atoms with Gasteiger partial charge in [-0.25, -0.2) is 0 Å². The first-order valence-electron chi connectivity index (χ1n) is 8.60. The van der Waals surface area contributed by atoms with E-state index in [0.29, 0.717) is 6.42 Å². The van der Waals surface area contributed by atoms with E-state index in [1.54, 1.807) is 0 Å². The van der Waals surface area contributed by atoms with Crippen molar-refractivity contribution in [2.45, 2.75) is 77.6 Å². The minimum Gasteiger partial charge on any atom is -0.469 e. The molecule has 124 valence electrons. The zero-order valence-corrected chi connectivity index (χ0v) is 14.9. The first-order chi connectivity index (χ1) is 10.3. The van der Waals surface area contributed by atoms with Crippen LogP contribution in [0.3, 0.4) is 0 Å². The van der Waals surface area contributed by atoms with Gasteiger partial charge >= 0.3 is 5.97 Å². The first-order valence-corrected chi connectivity index (χ1v) is 9.76. The molecule has 0 amide bonds. The number of allylic oxidation sites excluding steroid dienone is 1. The number of carbonyl (C=O) groups is 1. The van der Waals surface area contributed by atoms with Crippen LogP contribution in [0.2, 0.25) is 0 Å². The minimum atomic E-state index is -0.0786. The molecular weight excluding hydrogens is 280 g/mol. The van der Waals surface area contributed by atoms with E-state index in [0.717, 1.165) is 12.8 Å². The number of hydrogen-bond donors (Lipinski definition) is 0. The van der Waals surface area contributed by atoms with Gasteiger partial charge in [0, 0.05) is 12.2 Å². The fourth-order valence-corrected chi connectivity index (χ4v) is 2.98. The highest BCUT2D eigenvalue weighted by molar-refractivity contribution is 7.99. The molecule has 0 atom stereocenters. The number of esters is 1. The summed E-state index contributed by atoms with van der Waals surface area (Å²) >= 11 is 2.05. The van der Waals surface area contributed by atoms with Gasteiger partial charge in [-0.3, -0.25) is 4.79 Å². The van der Waals surface area contributed by atoms with Gasteiger partial charge in [0.2, 0.25) is 0 Å². The van der Waals surface area contributed by atoms with E-state index >= 15 is 0 Å². The van der Waals surface area contributed by atoms with Crippen molar-refractivity contribution in [1.29, 1.82) is 0 Å². The predicted octanol–water partition coefficient (Wildman–Crippen LogP) is 5.76. The molecule has 0 aromatic carbocycles. The van der Waals surface area contributed by atoms with Gasteiger partial charge in [-0.15, -0.1) is 0 Å². The van der Waals surface area contributed by atoms with Gasteiger partial charge in [-0.05, 0) is 31.4 Å². The third-order valence-corrected chi connectivity index (χ3v) is 4.51. The van der Waals surface area contributed by atoms with Crippen molar-refractivity contribution in [3.8, 4) is 0 Å². The quantitative estimate of drug-likeness (QED) is 0.218. The Kier molecular flexibility index (Phi) is 17.2. The van der Waals surface area contributed by atoms with Crippen LogP contribution < -0.4 is 0 Å². The molecule has 0 aliphatic rings. The van der Waals surface area contributed by atoms with Gasteiger partial charge in [-0.1, -0.05) is 57.6 Å². The molecule has 0 unspecified atom stereocenters. The van der Waals surface area contributed by atoms with Crippen molar-refractivity contribution in [3.63, 3.8) is 0 Å². The van der Waals surface area contributed by atoms with Crippen molar-refractivity contribution in [3.05, 3.63) is 12.2 Å². The first kappa shape index (κ1) is 20.6. The van der Waals surface area contributed by atoms with Gasteiger partial charge in [0.05, 0.1) is 7.11 Å². The number of methoxy groups -OCH3 is 1. The number of thioether (sulfide) groups is 1. The van der Waals surface area contributed by atoms with Crippen LogP contribution in [-0.4, -0.2) is 24.6 Å². The number of hydrogen-bond acceptors (Lipinski definition) is 3. The molecule has 0 fully saturated rings. The highest BCUT2D eigenvalue weighted by Crippen LogP contribution is 2.10. The molecule has 0 aromatic rings. The summed E-state index contributed by atoms with van der Waals surface area (Å²) in [6, 6.07) is 0. The van der Waals surface area contributed by atoms with Gasteiger partial charge in [0.25, 0.3) is 0 Å². The largest absolute Gasteiger partial charge is 0.469 e. The van der Waals surface area contributed by atoms with Gasteiger partial charge in [0.1, 0.15) is 0 Å². The number of carbonyl (C=O) groups excluding carboxylic acids is 1. The average Bonchev–Trinajstić information content (AvgIpc) is 2.50. The van der Waals surface area contributed by atoms with Crippen molar-refractivity contribution in [1.82, 2.24) is 0 Å². The molecule has 0 spiro atoms. The van der Waals surface area contributed by atoms with Crippen LogP contribution in [0.1, 0.15) is 77.6 Å². The molecule has 0 rings (SSSR count). The molecule has 3 heteroatoms. The third kappa shape index (κ3) is 17.5. The third-order valence-electron chi connectivity index (χ3n) is 3.50. The molecule has 2 nitrogen and oxygen atoms in total. The van der Waals surface area contributed by atoms with E-state index in [2.05, 4.69) is 35.6 Å². The summed E-state index contributed by atoms with van der Waals surface area (Å²) in [6.45, 7) is 2.26. The molecule has 0 N–H and O–H groups in total.